The molecule has 0 saturated heterocycles. The third-order valence-electron chi connectivity index (χ3n) is 2.52. The molecule has 0 aliphatic heterocycles. The highest BCUT2D eigenvalue weighted by Gasteiger charge is 2.05. The molecule has 0 atom stereocenters. The minimum Gasteiger partial charge on any atom is -0.226 e. The van der Waals surface area contributed by atoms with E-state index in [-0.39, 0.29) is 0 Å². The minimum atomic E-state index is 0.500. The van der Waals surface area contributed by atoms with Crippen molar-refractivity contribution < 1.29 is 0 Å². The number of rotatable bonds is 5. The van der Waals surface area contributed by atoms with Crippen LogP contribution in [0.5, 0.6) is 0 Å². The van der Waals surface area contributed by atoms with Crippen LogP contribution >= 0.6 is 35.0 Å². The smallest absolute Gasteiger partial charge is 0.133 e. The van der Waals surface area contributed by atoms with Crippen molar-refractivity contribution in [3.8, 4) is 0 Å². The Morgan fingerprint density at radius 1 is 1.16 bits per heavy atom. The Morgan fingerprint density at radius 3 is 2.68 bits per heavy atom. The predicted octanol–water partition coefficient (Wildman–Crippen LogP) is 5.03. The monoisotopic (exact) mass is 312 g/mol. The molecule has 0 fully saturated rings. The summed E-state index contributed by atoms with van der Waals surface area (Å²) in [6.45, 7) is 2.10. The van der Waals surface area contributed by atoms with E-state index in [1.54, 1.807) is 17.8 Å². The molecule has 5 heteroatoms. The number of aromatic nitrogens is 2. The normalized spacial score (nSPS) is 10.7. The molecule has 0 spiro atoms. The largest absolute Gasteiger partial charge is 0.226 e. The Hall–Kier alpha value is -0.770. The van der Waals surface area contributed by atoms with E-state index in [1.807, 2.05) is 24.3 Å². The highest BCUT2D eigenvalue weighted by Crippen LogP contribution is 2.26. The van der Waals surface area contributed by atoms with Gasteiger partial charge in [-0.1, -0.05) is 48.3 Å². The molecular formula is C14H14Cl2N2S. The summed E-state index contributed by atoms with van der Waals surface area (Å²) < 4.78 is 0. The average molecular weight is 313 g/mol. The van der Waals surface area contributed by atoms with Crippen LogP contribution < -0.4 is 0 Å². The summed E-state index contributed by atoms with van der Waals surface area (Å²) in [6.07, 6.45) is 1.86. The van der Waals surface area contributed by atoms with Gasteiger partial charge in [0.15, 0.2) is 0 Å². The van der Waals surface area contributed by atoms with Crippen LogP contribution in [0.25, 0.3) is 0 Å². The van der Waals surface area contributed by atoms with E-state index in [1.165, 1.54) is 0 Å². The van der Waals surface area contributed by atoms with Gasteiger partial charge in [-0.25, -0.2) is 9.97 Å². The van der Waals surface area contributed by atoms with Crippen LogP contribution in [-0.4, -0.2) is 9.97 Å². The highest BCUT2D eigenvalue weighted by atomic mass is 35.5. The first kappa shape index (κ1) is 14.6. The summed E-state index contributed by atoms with van der Waals surface area (Å²) in [7, 11) is 0. The highest BCUT2D eigenvalue weighted by molar-refractivity contribution is 7.98. The summed E-state index contributed by atoms with van der Waals surface area (Å²) in [6, 6.07) is 9.62. The minimum absolute atomic E-state index is 0.500. The Morgan fingerprint density at radius 2 is 1.95 bits per heavy atom. The zero-order chi connectivity index (χ0) is 13.7. The molecule has 1 aromatic heterocycles. The SMILES string of the molecule is CCCc1nc(Cl)cc(SCc2ccccc2Cl)n1. The maximum Gasteiger partial charge on any atom is 0.133 e. The molecule has 2 aromatic rings. The van der Waals surface area contributed by atoms with Crippen LogP contribution in [-0.2, 0) is 12.2 Å². The Bertz CT molecular complexity index is 561. The molecule has 19 heavy (non-hydrogen) atoms. The summed E-state index contributed by atoms with van der Waals surface area (Å²) in [5, 5.41) is 2.17. The summed E-state index contributed by atoms with van der Waals surface area (Å²) >= 11 is 13.8. The lowest BCUT2D eigenvalue weighted by Gasteiger charge is -2.05. The zero-order valence-electron chi connectivity index (χ0n) is 10.6. The summed E-state index contributed by atoms with van der Waals surface area (Å²) in [5.74, 6) is 1.58. The van der Waals surface area contributed by atoms with Crippen molar-refractivity contribution in [1.82, 2.24) is 9.97 Å². The Kier molecular flexibility index (Phi) is 5.49. The maximum absolute atomic E-state index is 6.13. The van der Waals surface area contributed by atoms with E-state index in [9.17, 15) is 0 Å². The van der Waals surface area contributed by atoms with Gasteiger partial charge in [-0.15, -0.1) is 11.8 Å². The fraction of sp³-hybridized carbons (Fsp3) is 0.286. The molecule has 0 aliphatic carbocycles. The van der Waals surface area contributed by atoms with Gasteiger partial charge in [-0.05, 0) is 18.1 Å². The number of halogens is 2. The van der Waals surface area contributed by atoms with Gasteiger partial charge >= 0.3 is 0 Å². The van der Waals surface area contributed by atoms with Crippen LogP contribution in [0.4, 0.5) is 0 Å². The molecule has 0 N–H and O–H groups in total. The second kappa shape index (κ2) is 7.13. The van der Waals surface area contributed by atoms with E-state index >= 15 is 0 Å². The number of nitrogens with zero attached hydrogens (tertiary/aromatic N) is 2. The van der Waals surface area contributed by atoms with Crippen molar-refractivity contribution >= 4 is 35.0 Å². The molecule has 0 amide bonds. The van der Waals surface area contributed by atoms with Gasteiger partial charge in [0.2, 0.25) is 0 Å². The predicted molar refractivity (Wildman–Crippen MR) is 82.1 cm³/mol. The van der Waals surface area contributed by atoms with Gasteiger partial charge in [0.05, 0.1) is 0 Å². The summed E-state index contributed by atoms with van der Waals surface area (Å²) in [5.41, 5.74) is 1.10. The number of thioether (sulfide) groups is 1. The molecule has 2 rings (SSSR count). The van der Waals surface area contributed by atoms with Gasteiger partial charge in [0, 0.05) is 23.3 Å². The standard InChI is InChI=1S/C14H14Cl2N2S/c1-2-5-13-17-12(16)8-14(18-13)19-9-10-6-3-4-7-11(10)15/h3-4,6-8H,2,5,9H2,1H3. The number of hydrogen-bond acceptors (Lipinski definition) is 3. The van der Waals surface area contributed by atoms with Crippen LogP contribution in [0.1, 0.15) is 24.7 Å². The number of aryl methyl sites for hydroxylation is 1. The first-order valence-corrected chi connectivity index (χ1v) is 7.83. The van der Waals surface area contributed by atoms with E-state index < -0.39 is 0 Å². The molecule has 1 heterocycles. The van der Waals surface area contributed by atoms with Crippen LogP contribution in [0.15, 0.2) is 35.4 Å². The fourth-order valence-electron chi connectivity index (χ4n) is 1.62. The van der Waals surface area contributed by atoms with E-state index in [4.69, 9.17) is 23.2 Å². The topological polar surface area (TPSA) is 25.8 Å². The van der Waals surface area contributed by atoms with Crippen molar-refractivity contribution in [1.29, 1.82) is 0 Å². The van der Waals surface area contributed by atoms with Crippen LogP contribution in [0.3, 0.4) is 0 Å². The number of benzene rings is 1. The second-order valence-electron chi connectivity index (χ2n) is 4.08. The molecule has 1 aromatic carbocycles. The van der Waals surface area contributed by atoms with Crippen molar-refractivity contribution in [3.05, 3.63) is 51.9 Å². The Labute approximate surface area is 127 Å². The van der Waals surface area contributed by atoms with E-state index in [0.29, 0.717) is 5.15 Å². The fourth-order valence-corrected chi connectivity index (χ4v) is 3.09. The third kappa shape index (κ3) is 4.37. The van der Waals surface area contributed by atoms with Crippen LogP contribution in [0, 0.1) is 0 Å². The lowest BCUT2D eigenvalue weighted by Crippen LogP contribution is -1.96. The molecule has 0 bridgehead atoms. The molecule has 0 radical (unpaired) electrons. The first-order chi connectivity index (χ1) is 9.19. The van der Waals surface area contributed by atoms with Gasteiger partial charge in [0.25, 0.3) is 0 Å². The first-order valence-electron chi connectivity index (χ1n) is 6.08. The lowest BCUT2D eigenvalue weighted by molar-refractivity contribution is 0.810. The van der Waals surface area contributed by atoms with E-state index in [0.717, 1.165) is 40.0 Å². The average Bonchev–Trinajstić information content (AvgIpc) is 2.37. The molecule has 2 nitrogen and oxygen atoms in total. The van der Waals surface area contributed by atoms with Gasteiger partial charge in [0.1, 0.15) is 16.0 Å². The quantitative estimate of drug-likeness (QED) is 0.572. The lowest BCUT2D eigenvalue weighted by atomic mass is 10.2. The Balaban J connectivity index is 2.09. The third-order valence-corrected chi connectivity index (χ3v) is 4.05. The maximum atomic E-state index is 6.13. The molecule has 100 valence electrons. The second-order valence-corrected chi connectivity index (χ2v) is 5.87. The molecule has 0 unspecified atom stereocenters. The van der Waals surface area contributed by atoms with Crippen molar-refractivity contribution in [2.24, 2.45) is 0 Å². The van der Waals surface area contributed by atoms with Crippen LogP contribution in [0.2, 0.25) is 10.2 Å². The van der Waals surface area contributed by atoms with E-state index in [2.05, 4.69) is 16.9 Å². The zero-order valence-corrected chi connectivity index (χ0v) is 12.9. The van der Waals surface area contributed by atoms with Crippen molar-refractivity contribution in [2.75, 3.05) is 0 Å². The van der Waals surface area contributed by atoms with Gasteiger partial charge < -0.3 is 0 Å². The van der Waals surface area contributed by atoms with Crippen molar-refractivity contribution in [3.63, 3.8) is 0 Å². The molecule has 0 saturated carbocycles. The van der Waals surface area contributed by atoms with Crippen molar-refractivity contribution in [2.45, 2.75) is 30.5 Å². The van der Waals surface area contributed by atoms with Gasteiger partial charge in [-0.2, -0.15) is 0 Å². The summed E-state index contributed by atoms with van der Waals surface area (Å²) in [4.78, 5) is 8.70. The molecular weight excluding hydrogens is 299 g/mol. The molecule has 0 aliphatic rings. The van der Waals surface area contributed by atoms with Gasteiger partial charge in [-0.3, -0.25) is 0 Å². The number of hydrogen-bond donors (Lipinski definition) is 0.